The van der Waals surface area contributed by atoms with Crippen LogP contribution in [0.5, 0.6) is 0 Å². The Kier molecular flexibility index (Phi) is 5.51. The lowest BCUT2D eigenvalue weighted by atomic mass is 10.4. The van der Waals surface area contributed by atoms with Crippen molar-refractivity contribution >= 4 is 5.96 Å². The predicted octanol–water partition coefficient (Wildman–Crippen LogP) is 0.947. The minimum atomic E-state index is 0.456. The van der Waals surface area contributed by atoms with Crippen molar-refractivity contribution in [3.05, 3.63) is 29.2 Å². The minimum absolute atomic E-state index is 0.456. The zero-order valence-electron chi connectivity index (χ0n) is 13.6. The summed E-state index contributed by atoms with van der Waals surface area (Å²) >= 11 is 0. The van der Waals surface area contributed by atoms with Crippen LogP contribution in [0.3, 0.4) is 0 Å². The maximum atomic E-state index is 5.04. The van der Waals surface area contributed by atoms with Gasteiger partial charge in [0.05, 0.1) is 12.2 Å². The van der Waals surface area contributed by atoms with Crippen LogP contribution in [-0.2, 0) is 13.1 Å². The Morgan fingerprint density at radius 1 is 1.32 bits per heavy atom. The van der Waals surface area contributed by atoms with Crippen LogP contribution in [0.2, 0.25) is 0 Å². The molecule has 0 saturated heterocycles. The van der Waals surface area contributed by atoms with E-state index in [0.29, 0.717) is 24.2 Å². The second-order valence-corrected chi connectivity index (χ2v) is 5.09. The van der Waals surface area contributed by atoms with Gasteiger partial charge in [-0.3, -0.25) is 9.67 Å². The van der Waals surface area contributed by atoms with E-state index in [0.717, 1.165) is 25.2 Å². The highest BCUT2D eigenvalue weighted by molar-refractivity contribution is 5.79. The zero-order chi connectivity index (χ0) is 15.9. The summed E-state index contributed by atoms with van der Waals surface area (Å²) in [6.07, 6.45) is 0.961. The fourth-order valence-electron chi connectivity index (χ4n) is 2.13. The number of hydrogen-bond acceptors (Lipinski definition) is 5. The van der Waals surface area contributed by atoms with E-state index in [1.165, 1.54) is 5.69 Å². The molecule has 2 heterocycles. The van der Waals surface area contributed by atoms with E-state index in [1.807, 2.05) is 11.6 Å². The van der Waals surface area contributed by atoms with Crippen molar-refractivity contribution in [3.8, 4) is 0 Å². The molecule has 0 unspecified atom stereocenters. The van der Waals surface area contributed by atoms with Crippen LogP contribution in [0.15, 0.2) is 15.6 Å². The lowest BCUT2D eigenvalue weighted by Gasteiger charge is -2.10. The first-order valence-electron chi connectivity index (χ1n) is 7.33. The Hall–Kier alpha value is -2.38. The van der Waals surface area contributed by atoms with Gasteiger partial charge in [-0.1, -0.05) is 5.16 Å². The summed E-state index contributed by atoms with van der Waals surface area (Å²) in [7, 11) is 1.73. The van der Waals surface area contributed by atoms with Gasteiger partial charge in [-0.25, -0.2) is 0 Å². The number of aromatic nitrogens is 4. The molecule has 2 rings (SSSR count). The van der Waals surface area contributed by atoms with Crippen LogP contribution in [-0.4, -0.2) is 39.5 Å². The lowest BCUT2D eigenvalue weighted by molar-refractivity contribution is 0.371. The van der Waals surface area contributed by atoms with Gasteiger partial charge in [-0.05, 0) is 33.3 Å². The van der Waals surface area contributed by atoms with E-state index < -0.39 is 0 Å². The van der Waals surface area contributed by atoms with E-state index in [9.17, 15) is 0 Å². The Bertz CT molecular complexity index is 629. The highest BCUT2D eigenvalue weighted by Gasteiger charge is 2.04. The lowest BCUT2D eigenvalue weighted by Crippen LogP contribution is -2.37. The van der Waals surface area contributed by atoms with Crippen molar-refractivity contribution in [3.63, 3.8) is 0 Å². The summed E-state index contributed by atoms with van der Waals surface area (Å²) < 4.78 is 7.06. The molecule has 0 aliphatic carbocycles. The highest BCUT2D eigenvalue weighted by atomic mass is 16.5. The van der Waals surface area contributed by atoms with Crippen molar-refractivity contribution in [2.24, 2.45) is 4.99 Å². The van der Waals surface area contributed by atoms with Gasteiger partial charge in [0.25, 0.3) is 0 Å². The maximum Gasteiger partial charge on any atom is 0.246 e. The predicted molar refractivity (Wildman–Crippen MR) is 83.6 cm³/mol. The van der Waals surface area contributed by atoms with E-state index in [1.54, 1.807) is 14.0 Å². The summed E-state index contributed by atoms with van der Waals surface area (Å²) in [4.78, 5) is 8.29. The molecule has 0 radical (unpaired) electrons. The molecular weight excluding hydrogens is 282 g/mol. The summed E-state index contributed by atoms with van der Waals surface area (Å²) in [6.45, 7) is 8.01. The fourth-order valence-corrected chi connectivity index (χ4v) is 2.13. The zero-order valence-corrected chi connectivity index (χ0v) is 13.6. The third-order valence-corrected chi connectivity index (χ3v) is 3.14. The van der Waals surface area contributed by atoms with E-state index >= 15 is 0 Å². The van der Waals surface area contributed by atoms with E-state index in [-0.39, 0.29) is 0 Å². The first kappa shape index (κ1) is 16.0. The number of aliphatic imine (C=N–C) groups is 1. The number of guanidine groups is 1. The molecule has 0 fully saturated rings. The summed E-state index contributed by atoms with van der Waals surface area (Å²) in [6, 6.07) is 2.08. The van der Waals surface area contributed by atoms with Crippen LogP contribution < -0.4 is 10.6 Å². The Morgan fingerprint density at radius 2 is 2.14 bits per heavy atom. The number of rotatable bonds is 6. The standard InChI is InChI=1S/C14H23N7O/c1-10-8-11(2)21(19-10)7-5-6-16-14(15-4)17-9-13-18-12(3)20-22-13/h8H,5-7,9H2,1-4H3,(H2,15,16,17). The molecule has 0 amide bonds. The van der Waals surface area contributed by atoms with Gasteiger partial charge in [0.1, 0.15) is 0 Å². The molecule has 2 aromatic rings. The normalized spacial score (nSPS) is 11.7. The average Bonchev–Trinajstić information content (AvgIpc) is 3.03. The van der Waals surface area contributed by atoms with Crippen molar-refractivity contribution in [1.29, 1.82) is 0 Å². The minimum Gasteiger partial charge on any atom is -0.356 e. The molecule has 8 heteroatoms. The van der Waals surface area contributed by atoms with Crippen LogP contribution in [0, 0.1) is 20.8 Å². The van der Waals surface area contributed by atoms with Crippen LogP contribution in [0.25, 0.3) is 0 Å². The molecule has 0 aliphatic heterocycles. The van der Waals surface area contributed by atoms with Crippen molar-refractivity contribution in [2.45, 2.75) is 40.3 Å². The number of aryl methyl sites for hydroxylation is 4. The summed E-state index contributed by atoms with van der Waals surface area (Å²) in [5.74, 6) is 1.89. The molecule has 22 heavy (non-hydrogen) atoms. The topological polar surface area (TPSA) is 93.2 Å². The van der Waals surface area contributed by atoms with Crippen LogP contribution in [0.4, 0.5) is 0 Å². The Labute approximate surface area is 130 Å². The van der Waals surface area contributed by atoms with Gasteiger partial charge in [0.2, 0.25) is 5.89 Å². The monoisotopic (exact) mass is 305 g/mol. The summed E-state index contributed by atoms with van der Waals surface area (Å²) in [5.41, 5.74) is 2.24. The molecule has 8 nitrogen and oxygen atoms in total. The Balaban J connectivity index is 1.69. The largest absolute Gasteiger partial charge is 0.356 e. The van der Waals surface area contributed by atoms with Gasteiger partial charge >= 0.3 is 0 Å². The number of hydrogen-bond donors (Lipinski definition) is 2. The van der Waals surface area contributed by atoms with Gasteiger partial charge in [0, 0.05) is 25.8 Å². The van der Waals surface area contributed by atoms with Gasteiger partial charge in [-0.2, -0.15) is 10.1 Å². The SMILES string of the molecule is CN=C(NCCCn1nc(C)cc1C)NCc1nc(C)no1. The third kappa shape index (κ3) is 4.57. The quantitative estimate of drug-likeness (QED) is 0.469. The maximum absolute atomic E-state index is 5.04. The molecular formula is C14H23N7O. The van der Waals surface area contributed by atoms with Crippen LogP contribution in [0.1, 0.15) is 29.5 Å². The molecule has 0 spiro atoms. The van der Waals surface area contributed by atoms with Gasteiger partial charge < -0.3 is 15.2 Å². The van der Waals surface area contributed by atoms with E-state index in [4.69, 9.17) is 4.52 Å². The summed E-state index contributed by atoms with van der Waals surface area (Å²) in [5, 5.41) is 14.6. The molecule has 120 valence electrons. The molecule has 0 aromatic carbocycles. The second kappa shape index (κ2) is 7.58. The molecule has 2 aromatic heterocycles. The van der Waals surface area contributed by atoms with Crippen LogP contribution >= 0.6 is 0 Å². The first-order valence-corrected chi connectivity index (χ1v) is 7.33. The molecule has 2 N–H and O–H groups in total. The number of nitrogens with one attached hydrogen (secondary N) is 2. The first-order chi connectivity index (χ1) is 10.6. The number of nitrogens with zero attached hydrogens (tertiary/aromatic N) is 5. The third-order valence-electron chi connectivity index (χ3n) is 3.14. The molecule has 0 aliphatic rings. The Morgan fingerprint density at radius 3 is 2.73 bits per heavy atom. The average molecular weight is 305 g/mol. The van der Waals surface area contributed by atoms with Crippen molar-refractivity contribution in [1.82, 2.24) is 30.6 Å². The van der Waals surface area contributed by atoms with Crippen molar-refractivity contribution in [2.75, 3.05) is 13.6 Å². The second-order valence-electron chi connectivity index (χ2n) is 5.09. The molecule has 0 atom stereocenters. The van der Waals surface area contributed by atoms with Crippen molar-refractivity contribution < 1.29 is 4.52 Å². The fraction of sp³-hybridized carbons (Fsp3) is 0.571. The highest BCUT2D eigenvalue weighted by Crippen LogP contribution is 2.02. The molecule has 0 bridgehead atoms. The van der Waals surface area contributed by atoms with E-state index in [2.05, 4.69) is 43.9 Å². The smallest absolute Gasteiger partial charge is 0.246 e. The molecule has 0 saturated carbocycles. The van der Waals surface area contributed by atoms with Gasteiger partial charge in [0.15, 0.2) is 11.8 Å². The van der Waals surface area contributed by atoms with Gasteiger partial charge in [-0.15, -0.1) is 0 Å².